The lowest BCUT2D eigenvalue weighted by Gasteiger charge is -2.19. The highest BCUT2D eigenvalue weighted by Gasteiger charge is 2.23. The van der Waals surface area contributed by atoms with Crippen molar-refractivity contribution in [2.75, 3.05) is 0 Å². The van der Waals surface area contributed by atoms with E-state index in [1.54, 1.807) is 6.26 Å². The van der Waals surface area contributed by atoms with Crippen molar-refractivity contribution >= 4 is 0 Å². The summed E-state index contributed by atoms with van der Waals surface area (Å²) in [5, 5.41) is 3.26. The van der Waals surface area contributed by atoms with Gasteiger partial charge in [0, 0.05) is 5.70 Å². The highest BCUT2D eigenvalue weighted by atomic mass is 16.5. The molecule has 62 valence electrons. The van der Waals surface area contributed by atoms with Crippen molar-refractivity contribution in [3.63, 3.8) is 0 Å². The van der Waals surface area contributed by atoms with Crippen LogP contribution < -0.4 is 5.32 Å². The van der Waals surface area contributed by atoms with Crippen LogP contribution in [0.15, 0.2) is 24.6 Å². The fourth-order valence-corrected chi connectivity index (χ4v) is 1.04. The maximum Gasteiger partial charge on any atom is 0.174 e. The third-order valence-corrected chi connectivity index (χ3v) is 1.58. The van der Waals surface area contributed by atoms with Crippen LogP contribution in [0.3, 0.4) is 0 Å². The molecular weight excluding hydrogens is 138 g/mol. The molecule has 0 amide bonds. The van der Waals surface area contributed by atoms with E-state index >= 15 is 0 Å². The van der Waals surface area contributed by atoms with E-state index in [0.29, 0.717) is 0 Å². The molecule has 0 bridgehead atoms. The Hall–Kier alpha value is -0.920. The van der Waals surface area contributed by atoms with E-state index in [0.717, 1.165) is 18.5 Å². The lowest BCUT2D eigenvalue weighted by molar-refractivity contribution is 0.0620. The molecule has 1 heterocycles. The van der Waals surface area contributed by atoms with Crippen molar-refractivity contribution in [1.82, 2.24) is 5.32 Å². The Balaban J connectivity index is 2.34. The molecule has 0 saturated heterocycles. The minimum atomic E-state index is -0.212. The van der Waals surface area contributed by atoms with Crippen molar-refractivity contribution in [2.45, 2.75) is 32.4 Å². The van der Waals surface area contributed by atoms with Crippen LogP contribution in [0, 0.1) is 0 Å². The molecule has 1 rings (SSSR count). The van der Waals surface area contributed by atoms with E-state index in [-0.39, 0.29) is 5.72 Å². The average Bonchev–Trinajstić information content (AvgIpc) is 2.26. The number of allylic oxidation sites excluding steroid dienone is 2. The van der Waals surface area contributed by atoms with E-state index in [1.807, 2.05) is 19.9 Å². The molecule has 2 heteroatoms. The van der Waals surface area contributed by atoms with Crippen LogP contribution in [-0.2, 0) is 4.74 Å². The van der Waals surface area contributed by atoms with Crippen LogP contribution in [0.2, 0.25) is 0 Å². The fraction of sp³-hybridized carbons (Fsp3) is 0.556. The second-order valence-electron chi connectivity index (χ2n) is 3.22. The monoisotopic (exact) mass is 153 g/mol. The van der Waals surface area contributed by atoms with Crippen LogP contribution in [0.1, 0.15) is 26.7 Å². The lowest BCUT2D eigenvalue weighted by atomic mass is 10.2. The molecule has 1 N–H and O–H groups in total. The molecule has 2 nitrogen and oxygen atoms in total. The van der Waals surface area contributed by atoms with E-state index in [9.17, 15) is 0 Å². The van der Waals surface area contributed by atoms with Crippen molar-refractivity contribution in [1.29, 1.82) is 0 Å². The van der Waals surface area contributed by atoms with Gasteiger partial charge in [0.15, 0.2) is 5.72 Å². The largest absolute Gasteiger partial charge is 0.475 e. The van der Waals surface area contributed by atoms with Gasteiger partial charge >= 0.3 is 0 Å². The highest BCUT2D eigenvalue weighted by molar-refractivity contribution is 5.05. The van der Waals surface area contributed by atoms with Gasteiger partial charge in [0.05, 0.1) is 0 Å². The van der Waals surface area contributed by atoms with Crippen molar-refractivity contribution in [2.24, 2.45) is 0 Å². The molecule has 0 fully saturated rings. The summed E-state index contributed by atoms with van der Waals surface area (Å²) in [4.78, 5) is 0. The van der Waals surface area contributed by atoms with Crippen molar-refractivity contribution < 1.29 is 4.74 Å². The molecule has 0 spiro atoms. The molecule has 0 aromatic rings. The van der Waals surface area contributed by atoms with Crippen LogP contribution >= 0.6 is 0 Å². The Morgan fingerprint density at radius 1 is 1.73 bits per heavy atom. The van der Waals surface area contributed by atoms with Gasteiger partial charge in [0.25, 0.3) is 0 Å². The quantitative estimate of drug-likeness (QED) is 0.627. The molecule has 0 unspecified atom stereocenters. The van der Waals surface area contributed by atoms with E-state index in [2.05, 4.69) is 11.9 Å². The summed E-state index contributed by atoms with van der Waals surface area (Å²) in [6, 6.07) is 0. The zero-order valence-electron chi connectivity index (χ0n) is 7.18. The second kappa shape index (κ2) is 2.99. The third kappa shape index (κ3) is 2.30. The molecule has 1 aliphatic rings. The molecule has 11 heavy (non-hydrogen) atoms. The number of nitrogens with one attached hydrogen (secondary N) is 1. The van der Waals surface area contributed by atoms with Gasteiger partial charge in [0.1, 0.15) is 6.26 Å². The Morgan fingerprint density at radius 2 is 2.45 bits per heavy atom. The minimum Gasteiger partial charge on any atom is -0.475 e. The van der Waals surface area contributed by atoms with Gasteiger partial charge in [-0.1, -0.05) is 6.08 Å². The van der Waals surface area contributed by atoms with Crippen molar-refractivity contribution in [3.8, 4) is 0 Å². The smallest absolute Gasteiger partial charge is 0.174 e. The van der Waals surface area contributed by atoms with E-state index < -0.39 is 0 Å². The Morgan fingerprint density at radius 3 is 2.91 bits per heavy atom. The molecule has 0 aromatic heterocycles. The SMILES string of the molecule is C=CCCC1=COC(C)(C)N1. The molecule has 0 aliphatic carbocycles. The Kier molecular flexibility index (Phi) is 2.22. The topological polar surface area (TPSA) is 21.3 Å². The summed E-state index contributed by atoms with van der Waals surface area (Å²) < 4.78 is 5.34. The van der Waals surface area contributed by atoms with Gasteiger partial charge < -0.3 is 10.1 Å². The maximum absolute atomic E-state index is 5.34. The zero-order valence-corrected chi connectivity index (χ0v) is 7.18. The molecule has 0 saturated carbocycles. The maximum atomic E-state index is 5.34. The van der Waals surface area contributed by atoms with E-state index in [1.165, 1.54) is 0 Å². The summed E-state index contributed by atoms with van der Waals surface area (Å²) in [6.07, 6.45) is 5.70. The summed E-state index contributed by atoms with van der Waals surface area (Å²) in [6.45, 7) is 7.67. The first-order valence-electron chi connectivity index (χ1n) is 3.90. The normalized spacial score (nSPS) is 20.0. The minimum absolute atomic E-state index is 0.212. The molecule has 0 radical (unpaired) electrons. The van der Waals surface area contributed by atoms with Gasteiger partial charge in [-0.3, -0.25) is 0 Å². The Bertz CT molecular complexity index is 182. The number of rotatable bonds is 3. The predicted octanol–water partition coefficient (Wildman–Crippen LogP) is 2.15. The Labute approximate surface area is 67.9 Å². The summed E-state index contributed by atoms with van der Waals surface area (Å²) in [7, 11) is 0. The summed E-state index contributed by atoms with van der Waals surface area (Å²) in [5.41, 5.74) is 0.950. The van der Waals surface area contributed by atoms with Crippen LogP contribution in [0.5, 0.6) is 0 Å². The van der Waals surface area contributed by atoms with Gasteiger partial charge in [-0.25, -0.2) is 0 Å². The first kappa shape index (κ1) is 8.18. The number of ether oxygens (including phenoxy) is 1. The molecule has 0 aromatic carbocycles. The summed E-state index contributed by atoms with van der Waals surface area (Å²) in [5.74, 6) is 0. The first-order chi connectivity index (χ1) is 5.14. The zero-order chi connectivity index (χ0) is 8.32. The summed E-state index contributed by atoms with van der Waals surface area (Å²) >= 11 is 0. The van der Waals surface area contributed by atoms with E-state index in [4.69, 9.17) is 4.74 Å². The third-order valence-electron chi connectivity index (χ3n) is 1.58. The van der Waals surface area contributed by atoms with Gasteiger partial charge in [-0.2, -0.15) is 0 Å². The molecular formula is C9H15NO. The van der Waals surface area contributed by atoms with Gasteiger partial charge in [0.2, 0.25) is 0 Å². The van der Waals surface area contributed by atoms with Crippen LogP contribution in [0.4, 0.5) is 0 Å². The molecule has 1 aliphatic heterocycles. The highest BCUT2D eigenvalue weighted by Crippen LogP contribution is 2.18. The van der Waals surface area contributed by atoms with Crippen molar-refractivity contribution in [3.05, 3.63) is 24.6 Å². The fourth-order valence-electron chi connectivity index (χ4n) is 1.04. The number of hydrogen-bond acceptors (Lipinski definition) is 2. The molecule has 0 atom stereocenters. The average molecular weight is 153 g/mol. The number of hydrogen-bond donors (Lipinski definition) is 1. The predicted molar refractivity (Wildman–Crippen MR) is 45.8 cm³/mol. The van der Waals surface area contributed by atoms with Crippen LogP contribution in [0.25, 0.3) is 0 Å². The van der Waals surface area contributed by atoms with Crippen LogP contribution in [-0.4, -0.2) is 5.72 Å². The van der Waals surface area contributed by atoms with Gasteiger partial charge in [-0.05, 0) is 26.7 Å². The standard InChI is InChI=1S/C9H15NO/c1-4-5-6-8-7-11-9(2,3)10-8/h4,7,10H,1,5-6H2,2-3H3. The second-order valence-corrected chi connectivity index (χ2v) is 3.22. The first-order valence-corrected chi connectivity index (χ1v) is 3.90. The van der Waals surface area contributed by atoms with Gasteiger partial charge in [-0.15, -0.1) is 6.58 Å². The lowest BCUT2D eigenvalue weighted by Crippen LogP contribution is -2.34.